The van der Waals surface area contributed by atoms with Gasteiger partial charge in [-0.05, 0) is 78.2 Å². The molecule has 31 nitrogen and oxygen atoms in total. The van der Waals surface area contributed by atoms with Crippen LogP contribution in [-0.2, 0) is 51.8 Å². The Morgan fingerprint density at radius 2 is 1.03 bits per heavy atom. The van der Waals surface area contributed by atoms with E-state index in [9.17, 15) is 76.7 Å². The Hall–Kier alpha value is -7.17. The Morgan fingerprint density at radius 3 is 1.51 bits per heavy atom. The van der Waals surface area contributed by atoms with Crippen LogP contribution in [0.5, 0.6) is 5.75 Å². The van der Waals surface area contributed by atoms with E-state index in [-0.39, 0.29) is 42.2 Å². The third-order valence-electron chi connectivity index (χ3n) is 9.39. The first-order valence-corrected chi connectivity index (χ1v) is 26.6. The molecule has 0 saturated heterocycles. The van der Waals surface area contributed by atoms with E-state index in [2.05, 4.69) is 55.4 Å². The van der Waals surface area contributed by atoms with E-state index in [1.54, 1.807) is 25.1 Å². The molecule has 1 unspecified atom stereocenters. The van der Waals surface area contributed by atoms with Gasteiger partial charge in [-0.25, -0.2) is 0 Å². The molecule has 73 heavy (non-hydrogen) atoms. The summed E-state index contributed by atoms with van der Waals surface area (Å²) in [7, 11) is -20.1. The van der Waals surface area contributed by atoms with E-state index < -0.39 is 125 Å². The molecule has 0 aliphatic carbocycles. The Morgan fingerprint density at radius 1 is 0.562 bits per heavy atom. The number of hydrogen-bond acceptors (Lipinski definition) is 26. The summed E-state index contributed by atoms with van der Waals surface area (Å²) in [5.74, 6) is -3.16. The lowest BCUT2D eigenvalue weighted by Crippen LogP contribution is -2.31. The zero-order valence-electron chi connectivity index (χ0n) is 36.6. The SMILES string of the molecule is Cc1cc(Nc2nc(Nc3ccc(S(=O)(=O)O)cc3S(=O)(=O)O)nc(N(CCO)CCO)n2)ccc1/C=C/c1ccc(Nc2nc(Nc3ccc(OS(=O)O)cc3S(=O)(=O)O)nc(N(O)O)n2)cc1S(=O)(=O)O. The van der Waals surface area contributed by atoms with Crippen molar-refractivity contribution in [1.29, 1.82) is 0 Å². The number of hydrogen-bond donors (Lipinski definition) is 13. The van der Waals surface area contributed by atoms with Crippen molar-refractivity contribution in [3.05, 3.63) is 89.5 Å². The zero-order valence-corrected chi connectivity index (χ0v) is 40.7. The van der Waals surface area contributed by atoms with Gasteiger partial charge in [0.25, 0.3) is 46.4 Å². The van der Waals surface area contributed by atoms with Crippen molar-refractivity contribution in [2.45, 2.75) is 26.5 Å². The van der Waals surface area contributed by atoms with Crippen molar-refractivity contribution in [3.8, 4) is 5.75 Å². The minimum Gasteiger partial charge on any atom is -0.395 e. The minimum absolute atomic E-state index is 0.0433. The van der Waals surface area contributed by atoms with E-state index in [1.165, 1.54) is 29.2 Å². The summed E-state index contributed by atoms with van der Waals surface area (Å²) in [5, 5.41) is 48.7. The summed E-state index contributed by atoms with van der Waals surface area (Å²) in [5.41, 5.74) is 0.391. The highest BCUT2D eigenvalue weighted by atomic mass is 32.2. The van der Waals surface area contributed by atoms with Crippen LogP contribution in [0.1, 0.15) is 16.7 Å². The number of aliphatic hydroxyl groups is 2. The van der Waals surface area contributed by atoms with Gasteiger partial charge in [-0.2, -0.15) is 67.8 Å². The molecular weight excluding hydrogens is 1080 g/mol. The van der Waals surface area contributed by atoms with Crippen LogP contribution in [0.25, 0.3) is 12.2 Å². The average molecular weight is 1120 g/mol. The van der Waals surface area contributed by atoms with E-state index in [1.807, 2.05) is 0 Å². The molecule has 390 valence electrons. The molecule has 1 atom stereocenters. The predicted molar refractivity (Wildman–Crippen MR) is 255 cm³/mol. The van der Waals surface area contributed by atoms with E-state index in [4.69, 9.17) is 4.55 Å². The lowest BCUT2D eigenvalue weighted by atomic mass is 10.1. The maximum Gasteiger partial charge on any atom is 0.357 e. The highest BCUT2D eigenvalue weighted by Gasteiger charge is 2.24. The maximum atomic E-state index is 12.7. The Balaban J connectivity index is 1.27. The lowest BCUT2D eigenvalue weighted by Gasteiger charge is -2.22. The van der Waals surface area contributed by atoms with Gasteiger partial charge in [0.05, 0.1) is 29.5 Å². The average Bonchev–Trinajstić information content (AvgIpc) is 3.28. The highest BCUT2D eigenvalue weighted by molar-refractivity contribution is 7.87. The van der Waals surface area contributed by atoms with Gasteiger partial charge < -0.3 is 40.6 Å². The van der Waals surface area contributed by atoms with Crippen LogP contribution in [0.3, 0.4) is 0 Å². The number of rotatable bonds is 22. The second kappa shape index (κ2) is 22.3. The standard InChI is InChI=1S/C37H38N12O19S5/c1-20-16-23(38-32-42-34(45-36(44-32)48(12-14-50)13-15-51)41-28-11-9-26(70(56,57)58)19-31(28)73(65,66)67)6-4-21(20)2-3-22-5-7-24(17-29(22)71(59,60)61)39-33-43-35(47-37(46-33)49(52)53)40-27-10-8-25(68-69(54)55)18-30(27)72(62,63)64/h2-11,16-19,50-53H,12-15H2,1H3,(H,54,55)(H,56,57,58)(H,59,60,61)(H,62,63,64)(H,65,66,67)(H2,38,41,42,44,45)(H2,39,40,43,46,47)/b3-2+. The van der Waals surface area contributed by atoms with Crippen LogP contribution >= 0.6 is 0 Å². The number of aromatic nitrogens is 6. The van der Waals surface area contributed by atoms with Crippen LogP contribution in [0.2, 0.25) is 0 Å². The Bertz CT molecular complexity index is 3590. The molecule has 0 aliphatic heterocycles. The fraction of sp³-hybridized carbons (Fsp3) is 0.135. The molecule has 0 aliphatic rings. The van der Waals surface area contributed by atoms with Crippen LogP contribution < -0.4 is 35.6 Å². The largest absolute Gasteiger partial charge is 0.395 e. The van der Waals surface area contributed by atoms with Crippen molar-refractivity contribution < 1.29 is 85.5 Å². The first-order chi connectivity index (χ1) is 34.1. The van der Waals surface area contributed by atoms with Crippen molar-refractivity contribution in [2.24, 2.45) is 0 Å². The van der Waals surface area contributed by atoms with Crippen LogP contribution in [0.15, 0.2) is 92.4 Å². The molecule has 2 heterocycles. The van der Waals surface area contributed by atoms with E-state index in [0.717, 1.165) is 30.3 Å². The highest BCUT2D eigenvalue weighted by Crippen LogP contribution is 2.32. The number of nitrogens with one attached hydrogen (secondary N) is 4. The molecule has 13 N–H and O–H groups in total. The molecule has 0 amide bonds. The lowest BCUT2D eigenvalue weighted by molar-refractivity contribution is 0.0242. The van der Waals surface area contributed by atoms with Gasteiger partial charge in [-0.15, -0.1) is 0 Å². The van der Waals surface area contributed by atoms with Crippen molar-refractivity contribution >= 4 is 122 Å². The molecule has 36 heteroatoms. The minimum atomic E-state index is -5.12. The molecule has 6 rings (SSSR count). The number of benzene rings is 4. The number of anilines is 10. The molecule has 2 aromatic heterocycles. The first kappa shape index (κ1) is 55.1. The molecule has 0 spiro atoms. The fourth-order valence-electron chi connectivity index (χ4n) is 6.26. The summed E-state index contributed by atoms with van der Waals surface area (Å²) >= 11 is -2.87. The van der Waals surface area contributed by atoms with Gasteiger partial charge in [0.2, 0.25) is 29.7 Å². The van der Waals surface area contributed by atoms with Crippen molar-refractivity contribution in [3.63, 3.8) is 0 Å². The summed E-state index contributed by atoms with van der Waals surface area (Å²) in [6, 6.07) is 13.2. The van der Waals surface area contributed by atoms with Gasteiger partial charge in [0.15, 0.2) is 0 Å². The quantitative estimate of drug-likeness (QED) is 0.0201. The third kappa shape index (κ3) is 14.7. The third-order valence-corrected chi connectivity index (χ3v) is 13.3. The monoisotopic (exact) mass is 1110 g/mol. The number of nitrogens with zero attached hydrogens (tertiary/aromatic N) is 8. The zero-order chi connectivity index (χ0) is 53.6. The summed E-state index contributed by atoms with van der Waals surface area (Å²) < 4.78 is 161. The van der Waals surface area contributed by atoms with Gasteiger partial charge in [0.1, 0.15) is 20.4 Å². The smallest absolute Gasteiger partial charge is 0.357 e. The van der Waals surface area contributed by atoms with Crippen molar-refractivity contribution in [2.75, 3.05) is 57.7 Å². The summed E-state index contributed by atoms with van der Waals surface area (Å²) in [6.45, 7) is 0.657. The molecular formula is C37H38N12O19S5. The van der Waals surface area contributed by atoms with E-state index in [0.29, 0.717) is 28.9 Å². The Kier molecular flexibility index (Phi) is 16.8. The maximum absolute atomic E-state index is 12.7. The van der Waals surface area contributed by atoms with Crippen LogP contribution in [-0.4, -0.2) is 137 Å². The molecule has 4 aromatic carbocycles. The normalized spacial score (nSPS) is 12.6. The molecule has 0 fully saturated rings. The fourth-order valence-corrected chi connectivity index (χ4v) is 9.16. The second-order valence-corrected chi connectivity index (χ2v) is 20.7. The van der Waals surface area contributed by atoms with Crippen LogP contribution in [0, 0.1) is 6.92 Å². The topological polar surface area (TPSA) is 477 Å². The van der Waals surface area contributed by atoms with Gasteiger partial charge in [-0.3, -0.25) is 33.2 Å². The second-order valence-electron chi connectivity index (χ2n) is 14.5. The predicted octanol–water partition coefficient (Wildman–Crippen LogP) is 2.39. The first-order valence-electron chi connectivity index (χ1n) is 19.8. The summed E-state index contributed by atoms with van der Waals surface area (Å²) in [4.78, 5) is 22.3. The molecule has 0 saturated carbocycles. The van der Waals surface area contributed by atoms with Gasteiger partial charge in [0, 0.05) is 30.5 Å². The van der Waals surface area contributed by atoms with Crippen molar-refractivity contribution in [1.82, 2.24) is 29.9 Å². The van der Waals surface area contributed by atoms with Crippen LogP contribution in [0.4, 0.5) is 58.4 Å². The number of aliphatic hydroxyl groups excluding tert-OH is 2. The molecule has 0 bridgehead atoms. The molecule has 0 radical (unpaired) electrons. The summed E-state index contributed by atoms with van der Waals surface area (Å²) in [6.07, 6.45) is 2.84. The van der Waals surface area contributed by atoms with Gasteiger partial charge in [-0.1, -0.05) is 29.5 Å². The Labute approximate surface area is 415 Å². The molecule has 6 aromatic rings. The van der Waals surface area contributed by atoms with Gasteiger partial charge >= 0.3 is 11.4 Å². The van der Waals surface area contributed by atoms with E-state index >= 15 is 0 Å². The number of aryl methyl sites for hydroxylation is 1.